The van der Waals surface area contributed by atoms with E-state index in [2.05, 4.69) is 28.7 Å². The largest absolute Gasteiger partial charge is 0.394 e. The molecule has 0 amide bonds. The topological polar surface area (TPSA) is 70.8 Å². The van der Waals surface area contributed by atoms with Gasteiger partial charge in [0.2, 0.25) is 0 Å². The number of aromatic nitrogens is 2. The van der Waals surface area contributed by atoms with Crippen LogP contribution in [0.1, 0.15) is 38.2 Å². The summed E-state index contributed by atoms with van der Waals surface area (Å²) in [5, 5.41) is 16.1. The van der Waals surface area contributed by atoms with E-state index in [0.29, 0.717) is 16.9 Å². The molecule has 24 heavy (non-hydrogen) atoms. The number of hydrazone groups is 1. The third kappa shape index (κ3) is 4.81. The summed E-state index contributed by atoms with van der Waals surface area (Å²) in [4.78, 5) is 9.00. The smallest absolute Gasteiger partial charge is 0.191 e. The number of anilines is 1. The standard InChI is InChI=1S/C16H25ClN4O2S/c1-4-9-24-16-19-14(17)11(2)15(20-16)21(18-3)12-5-6-13(10-12)23-8-7-22/h12-13,22H,3-10H2,1-2H3. The van der Waals surface area contributed by atoms with Crippen molar-refractivity contribution in [3.8, 4) is 0 Å². The van der Waals surface area contributed by atoms with Gasteiger partial charge < -0.3 is 9.84 Å². The van der Waals surface area contributed by atoms with E-state index in [0.717, 1.165) is 42.8 Å². The number of halogens is 1. The van der Waals surface area contributed by atoms with Crippen LogP contribution < -0.4 is 5.01 Å². The van der Waals surface area contributed by atoms with Crippen LogP contribution in [0.25, 0.3) is 0 Å². The monoisotopic (exact) mass is 372 g/mol. The van der Waals surface area contributed by atoms with E-state index >= 15 is 0 Å². The van der Waals surface area contributed by atoms with Crippen molar-refractivity contribution in [1.82, 2.24) is 9.97 Å². The minimum Gasteiger partial charge on any atom is -0.394 e. The van der Waals surface area contributed by atoms with Gasteiger partial charge in [-0.15, -0.1) is 0 Å². The molecule has 1 fully saturated rings. The van der Waals surface area contributed by atoms with Crippen LogP contribution in [-0.2, 0) is 4.74 Å². The first kappa shape index (κ1) is 19.4. The Morgan fingerprint density at radius 1 is 1.46 bits per heavy atom. The lowest BCUT2D eigenvalue weighted by Gasteiger charge is -2.26. The van der Waals surface area contributed by atoms with Crippen LogP contribution in [0.5, 0.6) is 0 Å². The molecule has 0 spiro atoms. The lowest BCUT2D eigenvalue weighted by Crippen LogP contribution is -2.30. The van der Waals surface area contributed by atoms with Gasteiger partial charge in [0.15, 0.2) is 11.0 Å². The normalized spacial score (nSPS) is 20.3. The van der Waals surface area contributed by atoms with E-state index in [1.165, 1.54) is 0 Å². The second-order valence-corrected chi connectivity index (χ2v) is 7.18. The maximum absolute atomic E-state index is 8.90. The molecule has 1 heterocycles. The molecule has 1 aliphatic carbocycles. The molecule has 8 heteroatoms. The molecular formula is C16H25ClN4O2S. The molecule has 1 aliphatic rings. The summed E-state index contributed by atoms with van der Waals surface area (Å²) in [6.45, 7) is 8.15. The lowest BCUT2D eigenvalue weighted by molar-refractivity contribution is 0.0322. The SMILES string of the molecule is C=NN(c1nc(SCCC)nc(Cl)c1C)C1CCC(OCCO)C1. The van der Waals surface area contributed by atoms with Gasteiger partial charge in [0.25, 0.3) is 0 Å². The third-order valence-corrected chi connectivity index (χ3v) is 5.41. The molecule has 0 aromatic carbocycles. The molecule has 2 atom stereocenters. The second-order valence-electron chi connectivity index (χ2n) is 5.76. The Kier molecular flexibility index (Phi) is 7.74. The summed E-state index contributed by atoms with van der Waals surface area (Å²) in [5.41, 5.74) is 0.810. The highest BCUT2D eigenvalue weighted by molar-refractivity contribution is 7.99. The minimum absolute atomic E-state index is 0.0449. The first-order chi connectivity index (χ1) is 11.6. The highest BCUT2D eigenvalue weighted by Gasteiger charge is 2.32. The number of thioether (sulfide) groups is 1. The summed E-state index contributed by atoms with van der Waals surface area (Å²) in [7, 11) is 0. The quantitative estimate of drug-likeness (QED) is 0.236. The number of ether oxygens (including phenoxy) is 1. The molecule has 0 radical (unpaired) electrons. The van der Waals surface area contributed by atoms with Crippen molar-refractivity contribution >= 4 is 35.9 Å². The summed E-state index contributed by atoms with van der Waals surface area (Å²) >= 11 is 7.89. The number of hydrogen-bond donors (Lipinski definition) is 1. The third-order valence-electron chi connectivity index (χ3n) is 3.99. The zero-order chi connectivity index (χ0) is 17.5. The van der Waals surface area contributed by atoms with Crippen LogP contribution in [0.2, 0.25) is 5.15 Å². The van der Waals surface area contributed by atoms with Crippen LogP contribution in [-0.4, -0.2) is 52.9 Å². The van der Waals surface area contributed by atoms with Gasteiger partial charge in [0.05, 0.1) is 25.4 Å². The summed E-state index contributed by atoms with van der Waals surface area (Å²) < 4.78 is 5.64. The van der Waals surface area contributed by atoms with Crippen LogP contribution in [0.3, 0.4) is 0 Å². The van der Waals surface area contributed by atoms with Crippen LogP contribution >= 0.6 is 23.4 Å². The van der Waals surface area contributed by atoms with Gasteiger partial charge in [0.1, 0.15) is 5.15 Å². The zero-order valence-corrected chi connectivity index (χ0v) is 15.8. The van der Waals surface area contributed by atoms with Gasteiger partial charge in [-0.3, -0.25) is 0 Å². The molecule has 2 rings (SSSR count). The first-order valence-corrected chi connectivity index (χ1v) is 9.62. The number of aliphatic hydroxyl groups excluding tert-OH is 1. The van der Waals surface area contributed by atoms with E-state index in [-0.39, 0.29) is 18.8 Å². The molecule has 2 unspecified atom stereocenters. The van der Waals surface area contributed by atoms with E-state index in [1.807, 2.05) is 11.9 Å². The van der Waals surface area contributed by atoms with Crippen LogP contribution in [0.15, 0.2) is 10.3 Å². The Morgan fingerprint density at radius 2 is 2.25 bits per heavy atom. The number of rotatable bonds is 9. The van der Waals surface area contributed by atoms with Crippen molar-refractivity contribution in [3.05, 3.63) is 10.7 Å². The average molecular weight is 373 g/mol. The van der Waals surface area contributed by atoms with Crippen molar-refractivity contribution < 1.29 is 9.84 Å². The fourth-order valence-corrected chi connectivity index (χ4v) is 3.71. The molecule has 0 bridgehead atoms. The van der Waals surface area contributed by atoms with Gasteiger partial charge in [-0.1, -0.05) is 30.3 Å². The van der Waals surface area contributed by atoms with Crippen LogP contribution in [0.4, 0.5) is 5.82 Å². The van der Waals surface area contributed by atoms with Gasteiger partial charge in [-0.05, 0) is 32.6 Å². The minimum atomic E-state index is 0.0449. The molecule has 0 aliphatic heterocycles. The van der Waals surface area contributed by atoms with E-state index < -0.39 is 0 Å². The highest BCUT2D eigenvalue weighted by Crippen LogP contribution is 2.34. The molecule has 1 aromatic rings. The number of hydrogen-bond acceptors (Lipinski definition) is 7. The average Bonchev–Trinajstić information content (AvgIpc) is 3.04. The van der Waals surface area contributed by atoms with E-state index in [1.54, 1.807) is 11.8 Å². The number of aliphatic hydroxyl groups is 1. The second kappa shape index (κ2) is 9.56. The summed E-state index contributed by atoms with van der Waals surface area (Å²) in [5.74, 6) is 1.66. The Bertz CT molecular complexity index is 561. The lowest BCUT2D eigenvalue weighted by atomic mass is 10.2. The van der Waals surface area contributed by atoms with Crippen LogP contribution in [0, 0.1) is 6.92 Å². The molecule has 0 saturated heterocycles. The van der Waals surface area contributed by atoms with Crippen molar-refractivity contribution in [2.45, 2.75) is 56.8 Å². The van der Waals surface area contributed by atoms with Crippen molar-refractivity contribution in [3.63, 3.8) is 0 Å². The fourth-order valence-electron chi connectivity index (χ4n) is 2.81. The van der Waals surface area contributed by atoms with E-state index in [9.17, 15) is 0 Å². The molecule has 1 saturated carbocycles. The number of nitrogens with zero attached hydrogens (tertiary/aromatic N) is 4. The van der Waals surface area contributed by atoms with Gasteiger partial charge in [-0.25, -0.2) is 15.0 Å². The first-order valence-electron chi connectivity index (χ1n) is 8.25. The Labute approximate surface area is 152 Å². The maximum Gasteiger partial charge on any atom is 0.191 e. The molecule has 1 N–H and O–H groups in total. The van der Waals surface area contributed by atoms with Crippen molar-refractivity contribution in [2.75, 3.05) is 24.0 Å². The van der Waals surface area contributed by atoms with Gasteiger partial charge >= 0.3 is 0 Å². The Balaban J connectivity index is 2.17. The predicted octanol–water partition coefficient (Wildman–Crippen LogP) is 3.29. The Hall–Kier alpha value is -0.890. The summed E-state index contributed by atoms with van der Waals surface area (Å²) in [6.07, 6.45) is 3.89. The maximum atomic E-state index is 8.90. The van der Waals surface area contributed by atoms with Crippen molar-refractivity contribution in [2.24, 2.45) is 5.10 Å². The molecular weight excluding hydrogens is 348 g/mol. The molecule has 6 nitrogen and oxygen atoms in total. The molecule has 134 valence electrons. The fraction of sp³-hybridized carbons (Fsp3) is 0.688. The predicted molar refractivity (Wildman–Crippen MR) is 99.3 cm³/mol. The van der Waals surface area contributed by atoms with E-state index in [4.69, 9.17) is 21.4 Å². The van der Waals surface area contributed by atoms with Gasteiger partial charge in [0, 0.05) is 18.0 Å². The Morgan fingerprint density at radius 3 is 2.92 bits per heavy atom. The highest BCUT2D eigenvalue weighted by atomic mass is 35.5. The van der Waals surface area contributed by atoms with Gasteiger partial charge in [-0.2, -0.15) is 5.10 Å². The molecule has 1 aromatic heterocycles. The van der Waals surface area contributed by atoms with Crippen molar-refractivity contribution in [1.29, 1.82) is 0 Å². The summed E-state index contributed by atoms with van der Waals surface area (Å²) in [6, 6.07) is 0.167. The zero-order valence-electron chi connectivity index (χ0n) is 14.2.